The van der Waals surface area contributed by atoms with E-state index in [-0.39, 0.29) is 16.6 Å². The molecule has 4 nitrogen and oxygen atoms in total. The van der Waals surface area contributed by atoms with Gasteiger partial charge in [-0.25, -0.2) is 4.98 Å². The number of nitrogens with zero attached hydrogens (tertiary/aromatic N) is 2. The van der Waals surface area contributed by atoms with Crippen LogP contribution in [0.15, 0.2) is 45.9 Å². The van der Waals surface area contributed by atoms with Gasteiger partial charge in [0.1, 0.15) is 0 Å². The molecule has 0 amide bonds. The predicted molar refractivity (Wildman–Crippen MR) is 102 cm³/mol. The van der Waals surface area contributed by atoms with E-state index in [4.69, 9.17) is 0 Å². The summed E-state index contributed by atoms with van der Waals surface area (Å²) in [6.45, 7) is 9.05. The van der Waals surface area contributed by atoms with Crippen molar-refractivity contribution >= 4 is 22.7 Å². The van der Waals surface area contributed by atoms with Gasteiger partial charge >= 0.3 is 0 Å². The molecule has 24 heavy (non-hydrogen) atoms. The summed E-state index contributed by atoms with van der Waals surface area (Å²) in [5.41, 5.74) is 2.24. The van der Waals surface area contributed by atoms with E-state index in [1.165, 1.54) is 5.57 Å². The van der Waals surface area contributed by atoms with Crippen molar-refractivity contribution in [1.82, 2.24) is 14.9 Å². The lowest BCUT2D eigenvalue weighted by molar-refractivity contribution is 0.0624. The molecule has 0 aliphatic carbocycles. The molecule has 1 aliphatic heterocycles. The first-order valence-corrected chi connectivity index (χ1v) is 9.24. The molecule has 1 aliphatic rings. The van der Waals surface area contributed by atoms with Crippen LogP contribution < -0.4 is 5.56 Å². The Morgan fingerprint density at radius 1 is 1.25 bits per heavy atom. The summed E-state index contributed by atoms with van der Waals surface area (Å²) in [7, 11) is 2.18. The van der Waals surface area contributed by atoms with Crippen molar-refractivity contribution in [3.05, 3.63) is 46.3 Å². The van der Waals surface area contributed by atoms with E-state index in [1.807, 2.05) is 18.2 Å². The van der Waals surface area contributed by atoms with E-state index in [0.717, 1.165) is 17.7 Å². The third kappa shape index (κ3) is 3.28. The van der Waals surface area contributed by atoms with Crippen molar-refractivity contribution in [2.75, 3.05) is 12.8 Å². The third-order valence-electron chi connectivity index (χ3n) is 4.97. The van der Waals surface area contributed by atoms with Crippen LogP contribution in [0.3, 0.4) is 0 Å². The van der Waals surface area contributed by atoms with E-state index in [9.17, 15) is 4.79 Å². The van der Waals surface area contributed by atoms with Crippen LogP contribution in [0.25, 0.3) is 10.9 Å². The van der Waals surface area contributed by atoms with Gasteiger partial charge in [-0.3, -0.25) is 9.69 Å². The Bertz CT molecular complexity index is 851. The monoisotopic (exact) mass is 343 g/mol. The molecule has 0 spiro atoms. The smallest absolute Gasteiger partial charge is 0.259 e. The summed E-state index contributed by atoms with van der Waals surface area (Å²) in [4.78, 5) is 22.1. The second-order valence-corrected chi connectivity index (χ2v) is 8.65. The number of nitrogens with one attached hydrogen (secondary N) is 1. The number of thioether (sulfide) groups is 1. The maximum absolute atomic E-state index is 12.2. The molecule has 128 valence electrons. The minimum atomic E-state index is -0.0684. The molecule has 2 aromatic rings. The molecule has 0 atom stereocenters. The maximum Gasteiger partial charge on any atom is 0.259 e. The zero-order chi connectivity index (χ0) is 17.5. The van der Waals surface area contributed by atoms with Crippen molar-refractivity contribution < 1.29 is 0 Å². The lowest BCUT2D eigenvalue weighted by atomic mass is 9.82. The van der Waals surface area contributed by atoms with Crippen LogP contribution in [0.1, 0.15) is 34.1 Å². The SMILES string of the molecule is CN1C(C)(C)C=C(CSc2nc3ccccc3c(=O)[nH]2)CC1(C)C. The first-order valence-electron chi connectivity index (χ1n) is 8.25. The number of para-hydroxylation sites is 1. The summed E-state index contributed by atoms with van der Waals surface area (Å²) < 4.78 is 0. The van der Waals surface area contributed by atoms with Crippen molar-refractivity contribution in [2.45, 2.75) is 50.4 Å². The van der Waals surface area contributed by atoms with E-state index in [0.29, 0.717) is 10.5 Å². The lowest BCUT2D eigenvalue weighted by Gasteiger charge is -2.49. The van der Waals surface area contributed by atoms with Crippen LogP contribution in [0.2, 0.25) is 0 Å². The highest BCUT2D eigenvalue weighted by atomic mass is 32.2. The van der Waals surface area contributed by atoms with Crippen molar-refractivity contribution in [2.24, 2.45) is 0 Å². The largest absolute Gasteiger partial charge is 0.301 e. The minimum absolute atomic E-state index is 0.0296. The molecular weight excluding hydrogens is 318 g/mol. The van der Waals surface area contributed by atoms with Gasteiger partial charge in [-0.15, -0.1) is 0 Å². The van der Waals surface area contributed by atoms with E-state index < -0.39 is 0 Å². The number of benzene rings is 1. The number of fused-ring (bicyclic) bond motifs is 1. The predicted octanol–water partition coefficient (Wildman–Crippen LogP) is 3.83. The van der Waals surface area contributed by atoms with Gasteiger partial charge in [0.05, 0.1) is 10.9 Å². The molecule has 1 aromatic heterocycles. The van der Waals surface area contributed by atoms with Crippen LogP contribution >= 0.6 is 11.8 Å². The second kappa shape index (κ2) is 6.05. The van der Waals surface area contributed by atoms with Gasteiger partial charge in [0, 0.05) is 16.8 Å². The standard InChI is InChI=1S/C19H25N3OS/c1-18(2)10-13(11-19(3,4)22(18)5)12-24-17-20-15-9-7-6-8-14(15)16(23)21-17/h6-10H,11-12H2,1-5H3,(H,20,21,23). The Morgan fingerprint density at radius 2 is 1.96 bits per heavy atom. The van der Waals surface area contributed by atoms with Crippen LogP contribution in [0.5, 0.6) is 0 Å². The molecule has 0 saturated heterocycles. The van der Waals surface area contributed by atoms with Crippen molar-refractivity contribution in [3.63, 3.8) is 0 Å². The fourth-order valence-corrected chi connectivity index (χ4v) is 4.32. The quantitative estimate of drug-likeness (QED) is 0.523. The van der Waals surface area contributed by atoms with Gasteiger partial charge in [-0.1, -0.05) is 35.5 Å². The highest BCUT2D eigenvalue weighted by molar-refractivity contribution is 7.99. The Hall–Kier alpha value is -1.59. The Morgan fingerprint density at radius 3 is 2.67 bits per heavy atom. The molecule has 1 aromatic carbocycles. The summed E-state index contributed by atoms with van der Waals surface area (Å²) in [5.74, 6) is 0.849. The minimum Gasteiger partial charge on any atom is -0.301 e. The summed E-state index contributed by atoms with van der Waals surface area (Å²) >= 11 is 1.61. The lowest BCUT2D eigenvalue weighted by Crippen LogP contribution is -2.55. The summed E-state index contributed by atoms with van der Waals surface area (Å²) in [5, 5.41) is 1.33. The highest BCUT2D eigenvalue weighted by Gasteiger charge is 2.38. The molecule has 0 fully saturated rings. The number of aromatic amines is 1. The van der Waals surface area contributed by atoms with Crippen molar-refractivity contribution in [1.29, 1.82) is 0 Å². The van der Waals surface area contributed by atoms with Gasteiger partial charge in [0.2, 0.25) is 0 Å². The molecule has 0 radical (unpaired) electrons. The topological polar surface area (TPSA) is 49.0 Å². The van der Waals surface area contributed by atoms with E-state index in [2.05, 4.69) is 55.7 Å². The van der Waals surface area contributed by atoms with Gasteiger partial charge in [0.25, 0.3) is 5.56 Å². The molecule has 0 bridgehead atoms. The zero-order valence-electron chi connectivity index (χ0n) is 15.0. The molecule has 5 heteroatoms. The maximum atomic E-state index is 12.2. The van der Waals surface area contributed by atoms with E-state index >= 15 is 0 Å². The van der Waals surface area contributed by atoms with Gasteiger partial charge in [0.15, 0.2) is 5.16 Å². The number of aromatic nitrogens is 2. The highest BCUT2D eigenvalue weighted by Crippen LogP contribution is 2.37. The molecule has 1 N–H and O–H groups in total. The fraction of sp³-hybridized carbons (Fsp3) is 0.474. The fourth-order valence-electron chi connectivity index (χ4n) is 3.49. The van der Waals surface area contributed by atoms with Crippen LogP contribution in [0.4, 0.5) is 0 Å². The summed E-state index contributed by atoms with van der Waals surface area (Å²) in [6.07, 6.45) is 3.38. The van der Waals surface area contributed by atoms with Gasteiger partial charge < -0.3 is 4.98 Å². The second-order valence-electron chi connectivity index (χ2n) is 7.68. The third-order valence-corrected chi connectivity index (χ3v) is 5.96. The van der Waals surface area contributed by atoms with Crippen LogP contribution in [-0.2, 0) is 0 Å². The first-order chi connectivity index (χ1) is 11.2. The zero-order valence-corrected chi connectivity index (χ0v) is 15.8. The van der Waals surface area contributed by atoms with E-state index in [1.54, 1.807) is 17.8 Å². The number of hydrogen-bond acceptors (Lipinski definition) is 4. The number of rotatable bonds is 3. The number of hydrogen-bond donors (Lipinski definition) is 1. The average Bonchev–Trinajstić information content (AvgIpc) is 2.50. The molecule has 0 unspecified atom stereocenters. The molecule has 3 rings (SSSR count). The van der Waals surface area contributed by atoms with Crippen LogP contribution in [0, 0.1) is 0 Å². The summed E-state index contributed by atoms with van der Waals surface area (Å²) in [6, 6.07) is 7.46. The Balaban J connectivity index is 1.82. The molecule has 0 saturated carbocycles. The Labute approximate surface area is 147 Å². The number of likely N-dealkylation sites (N-methyl/N-ethyl adjacent to an activating group) is 1. The van der Waals surface area contributed by atoms with Gasteiger partial charge in [-0.05, 0) is 53.3 Å². The van der Waals surface area contributed by atoms with Gasteiger partial charge in [-0.2, -0.15) is 0 Å². The van der Waals surface area contributed by atoms with Crippen molar-refractivity contribution in [3.8, 4) is 0 Å². The number of H-pyrrole nitrogens is 1. The normalized spacial score (nSPS) is 20.1. The average molecular weight is 343 g/mol. The first kappa shape index (κ1) is 17.2. The molecular formula is C19H25N3OS. The molecule has 2 heterocycles. The van der Waals surface area contributed by atoms with Crippen LogP contribution in [-0.4, -0.2) is 38.7 Å². The Kier molecular flexibility index (Phi) is 4.34.